The summed E-state index contributed by atoms with van der Waals surface area (Å²) in [6.45, 7) is 41.6. The molecule has 0 bridgehead atoms. The summed E-state index contributed by atoms with van der Waals surface area (Å²) >= 11 is 0. The molecule has 4 N–H and O–H groups in total. The minimum atomic E-state index is -0.907. The number of aliphatic hydroxyl groups excluding tert-OH is 4. The van der Waals surface area contributed by atoms with Crippen molar-refractivity contribution in [3.8, 4) is 0 Å². The van der Waals surface area contributed by atoms with Crippen LogP contribution in [-0.4, -0.2) is 56.4 Å². The van der Waals surface area contributed by atoms with Gasteiger partial charge >= 0.3 is 0 Å². The molecular weight excluding hydrogens is 1060 g/mol. The predicted octanol–water partition coefficient (Wildman–Crippen LogP) is 19.5. The zero-order valence-corrected chi connectivity index (χ0v) is 56.3. The molecule has 4 atom stereocenters. The quantitative estimate of drug-likeness (QED) is 0.0903. The Morgan fingerprint density at radius 1 is 0.326 bits per heavy atom. The van der Waals surface area contributed by atoms with Crippen molar-refractivity contribution in [2.45, 2.75) is 201 Å². The molecule has 0 radical (unpaired) electrons. The summed E-state index contributed by atoms with van der Waals surface area (Å²) in [4.78, 5) is 24.5. The van der Waals surface area contributed by atoms with Gasteiger partial charge in [0.15, 0.2) is 11.6 Å². The van der Waals surface area contributed by atoms with E-state index in [1.807, 2.05) is 74.6 Å². The van der Waals surface area contributed by atoms with E-state index in [1.165, 1.54) is 44.6 Å². The van der Waals surface area contributed by atoms with E-state index in [0.29, 0.717) is 24.0 Å². The SMILES string of the molecule is CC1=C(/C=C/C(C)=C/C=C/C(C)=C/C=C/C=C(C)/C=C/C=C(C)/C=C/C2=C(C)C(=O)[C@@H](O)CC2(C)C)C(C)(C)C[C@H](O)C1=O.CC1=C(/C=C/C(C)=C/C=C/C(C)=C/C=C/C=C(C)/C=C/C=C(C)/C=C/C2=C(C)C[C@@H](O)CC2(C)C)C(C)(C)C[C@H](O)C1. The van der Waals surface area contributed by atoms with E-state index in [2.05, 4.69) is 220 Å². The van der Waals surface area contributed by atoms with Crippen LogP contribution in [-0.2, 0) is 9.59 Å². The van der Waals surface area contributed by atoms with Gasteiger partial charge in [0.1, 0.15) is 12.2 Å². The normalized spacial score (nSPS) is 24.8. The highest BCUT2D eigenvalue weighted by Crippen LogP contribution is 2.44. The maximum Gasteiger partial charge on any atom is 0.187 e. The average Bonchev–Trinajstić information content (AvgIpc) is 1.32. The Kier molecular flexibility index (Phi) is 29.2. The first-order valence-corrected chi connectivity index (χ1v) is 30.9. The Morgan fingerprint density at radius 2 is 0.535 bits per heavy atom. The number of rotatable bonds is 20. The fourth-order valence-corrected chi connectivity index (χ4v) is 11.8. The highest BCUT2D eigenvalue weighted by atomic mass is 16.3. The Bertz CT molecular complexity index is 2950. The van der Waals surface area contributed by atoms with Crippen LogP contribution < -0.4 is 0 Å². The van der Waals surface area contributed by atoms with E-state index >= 15 is 0 Å². The average molecular weight is 1170 g/mol. The smallest absolute Gasteiger partial charge is 0.187 e. The van der Waals surface area contributed by atoms with Crippen LogP contribution in [0.1, 0.15) is 177 Å². The molecule has 0 heterocycles. The lowest BCUT2D eigenvalue weighted by Gasteiger charge is -2.35. The second kappa shape index (κ2) is 34.1. The summed E-state index contributed by atoms with van der Waals surface area (Å²) in [7, 11) is 0. The first kappa shape index (κ1) is 73.7. The lowest BCUT2D eigenvalue weighted by atomic mass is 9.71. The molecule has 0 spiro atoms. The fraction of sp³-hybridized carbons (Fsp3) is 0.425. The van der Waals surface area contributed by atoms with E-state index in [9.17, 15) is 30.0 Å². The van der Waals surface area contributed by atoms with Crippen LogP contribution >= 0.6 is 0 Å². The summed E-state index contributed by atoms with van der Waals surface area (Å²) in [5.74, 6) is -0.350. The molecule has 0 aromatic rings. The monoisotopic (exact) mass is 1160 g/mol. The third-order valence-corrected chi connectivity index (χ3v) is 16.6. The molecule has 0 saturated heterocycles. The number of aliphatic hydroxyl groups is 4. The molecule has 6 heteroatoms. The molecule has 0 unspecified atom stereocenters. The van der Waals surface area contributed by atoms with Gasteiger partial charge < -0.3 is 20.4 Å². The van der Waals surface area contributed by atoms with E-state index in [4.69, 9.17) is 0 Å². The highest BCUT2D eigenvalue weighted by Gasteiger charge is 2.38. The van der Waals surface area contributed by atoms with Gasteiger partial charge in [0.25, 0.3) is 0 Å². The maximum atomic E-state index is 12.2. The molecule has 86 heavy (non-hydrogen) atoms. The van der Waals surface area contributed by atoms with Crippen LogP contribution in [0.15, 0.2) is 259 Å². The fourth-order valence-electron chi connectivity index (χ4n) is 11.8. The Morgan fingerprint density at radius 3 is 0.779 bits per heavy atom. The standard InChI is InChI=1S/C40H52O4.C40H56O2/c1-27(17-13-19-29(3)21-23-33-31(5)37(43)35(41)25-39(33,7)8)15-11-12-16-28(2)18-14-20-30(4)22-24-34-32(6)38(44)36(42)26-40(34,9)10;1-29(17-13-19-31(3)21-23-37-33(5)25-35(41)27-39(37,7)8)15-11-12-16-30(2)18-14-20-32(4)22-24-38-34(6)26-36(42)28-40(38,9)10/h11-24,35-36,41-42H,25-26H2,1-10H3;11-24,35-36,41-42H,25-28H2,1-10H3/b12-11+,17-13+,18-14+,23-21+,24-22+,27-15+,28-16+,29-19+,30-20+;12-11+,17-13+,18-14+,23-21+,24-22+,29-15+,30-16+,31-19+,32-20+/t2*35-,36-/m01/s1. The van der Waals surface area contributed by atoms with Gasteiger partial charge in [-0.25, -0.2) is 0 Å². The molecule has 6 nitrogen and oxygen atoms in total. The largest absolute Gasteiger partial charge is 0.393 e. The van der Waals surface area contributed by atoms with Crippen molar-refractivity contribution < 1.29 is 30.0 Å². The zero-order chi connectivity index (χ0) is 64.7. The number of hydrogen-bond donors (Lipinski definition) is 4. The minimum absolute atomic E-state index is 0.00547. The molecule has 0 aromatic heterocycles. The van der Waals surface area contributed by atoms with E-state index in [-0.39, 0.29) is 45.4 Å². The second-order valence-electron chi connectivity index (χ2n) is 27.1. The number of carbonyl (C=O) groups is 2. The first-order valence-electron chi connectivity index (χ1n) is 30.9. The summed E-state index contributed by atoms with van der Waals surface area (Å²) in [6, 6.07) is 0. The molecule has 0 fully saturated rings. The van der Waals surface area contributed by atoms with Crippen LogP contribution in [0.4, 0.5) is 0 Å². The van der Waals surface area contributed by atoms with Crippen molar-refractivity contribution in [2.75, 3.05) is 0 Å². The maximum absolute atomic E-state index is 12.2. The van der Waals surface area contributed by atoms with E-state index in [1.54, 1.807) is 13.8 Å². The van der Waals surface area contributed by atoms with Gasteiger partial charge in [-0.3, -0.25) is 9.59 Å². The highest BCUT2D eigenvalue weighted by molar-refractivity contribution is 6.01. The van der Waals surface area contributed by atoms with Gasteiger partial charge in [0, 0.05) is 0 Å². The molecule has 4 aliphatic rings. The minimum Gasteiger partial charge on any atom is -0.393 e. The summed E-state index contributed by atoms with van der Waals surface area (Å²) in [6.07, 6.45) is 60.1. The van der Waals surface area contributed by atoms with Crippen molar-refractivity contribution in [2.24, 2.45) is 21.7 Å². The van der Waals surface area contributed by atoms with Gasteiger partial charge in [0.05, 0.1) is 12.2 Å². The van der Waals surface area contributed by atoms with E-state index < -0.39 is 12.2 Å². The third kappa shape index (κ3) is 24.7. The topological polar surface area (TPSA) is 115 Å². The molecular formula is C80H108O6. The molecule has 464 valence electrons. The summed E-state index contributed by atoms with van der Waals surface area (Å²) < 4.78 is 0. The van der Waals surface area contributed by atoms with Crippen LogP contribution in [0.2, 0.25) is 0 Å². The zero-order valence-electron chi connectivity index (χ0n) is 56.3. The molecule has 0 amide bonds. The Labute approximate surface area is 521 Å². The third-order valence-electron chi connectivity index (χ3n) is 16.6. The number of allylic oxidation sites excluding steroid dienone is 40. The second-order valence-corrected chi connectivity index (χ2v) is 27.1. The Hall–Kier alpha value is -6.54. The van der Waals surface area contributed by atoms with Gasteiger partial charge in [0.2, 0.25) is 0 Å². The summed E-state index contributed by atoms with van der Waals surface area (Å²) in [5.41, 5.74) is 17.2. The molecule has 4 rings (SSSR count). The molecule has 0 saturated carbocycles. The van der Waals surface area contributed by atoms with Gasteiger partial charge in [-0.05, 0) is 177 Å². The van der Waals surface area contributed by atoms with Crippen LogP contribution in [0.25, 0.3) is 0 Å². The van der Waals surface area contributed by atoms with Crippen molar-refractivity contribution in [3.63, 3.8) is 0 Å². The van der Waals surface area contributed by atoms with Crippen molar-refractivity contribution in [3.05, 3.63) is 259 Å². The van der Waals surface area contributed by atoms with Crippen LogP contribution in [0.5, 0.6) is 0 Å². The van der Waals surface area contributed by atoms with Crippen LogP contribution in [0, 0.1) is 21.7 Å². The Balaban J connectivity index is 0.000000451. The number of carbonyl (C=O) groups excluding carboxylic acids is 2. The molecule has 0 aliphatic heterocycles. The van der Waals surface area contributed by atoms with Crippen molar-refractivity contribution in [1.29, 1.82) is 0 Å². The molecule has 0 aromatic carbocycles. The lowest BCUT2D eigenvalue weighted by Crippen LogP contribution is -2.35. The molecule has 4 aliphatic carbocycles. The van der Waals surface area contributed by atoms with Gasteiger partial charge in [-0.1, -0.05) is 281 Å². The van der Waals surface area contributed by atoms with Gasteiger partial charge in [-0.15, -0.1) is 0 Å². The number of ketones is 2. The van der Waals surface area contributed by atoms with Crippen molar-refractivity contribution >= 4 is 11.6 Å². The van der Waals surface area contributed by atoms with E-state index in [0.717, 1.165) is 59.1 Å². The predicted molar refractivity (Wildman–Crippen MR) is 369 cm³/mol. The van der Waals surface area contributed by atoms with Crippen molar-refractivity contribution in [1.82, 2.24) is 0 Å². The van der Waals surface area contributed by atoms with Gasteiger partial charge in [-0.2, -0.15) is 0 Å². The summed E-state index contributed by atoms with van der Waals surface area (Å²) in [5, 5.41) is 40.3. The number of hydrogen-bond acceptors (Lipinski definition) is 6. The first-order chi connectivity index (χ1) is 40.1. The number of Topliss-reactive ketones (excluding diaryl/α,β-unsaturated/α-hetero) is 2. The lowest BCUT2D eigenvalue weighted by molar-refractivity contribution is -0.126. The van der Waals surface area contributed by atoms with Crippen LogP contribution in [0.3, 0.4) is 0 Å².